The summed E-state index contributed by atoms with van der Waals surface area (Å²) in [5.74, 6) is 0.279. The van der Waals surface area contributed by atoms with E-state index >= 15 is 0 Å². The van der Waals surface area contributed by atoms with E-state index in [2.05, 4.69) is 22.3 Å². The summed E-state index contributed by atoms with van der Waals surface area (Å²) in [4.78, 5) is 32.0. The molecular weight excluding hydrogens is 340 g/mol. The summed E-state index contributed by atoms with van der Waals surface area (Å²) in [5.41, 5.74) is 3.01. The quantitative estimate of drug-likeness (QED) is 0.879. The Hall–Kier alpha value is -2.08. The van der Waals surface area contributed by atoms with Crippen LogP contribution in [0.1, 0.15) is 41.6 Å². The molecule has 4 rings (SSSR count). The van der Waals surface area contributed by atoms with Crippen molar-refractivity contribution < 1.29 is 9.59 Å². The number of piperazine rings is 1. The monoisotopic (exact) mass is 370 g/mol. The smallest absolute Gasteiger partial charge is 0.256 e. The number of aryl methyl sites for hydroxylation is 1. The number of carbonyl (C=O) groups excluding carboxylic acids is 2. The van der Waals surface area contributed by atoms with E-state index in [1.54, 1.807) is 0 Å². The normalized spacial score (nSPS) is 23.8. The number of piperidine rings is 1. The van der Waals surface area contributed by atoms with Crippen molar-refractivity contribution in [2.45, 2.75) is 38.6 Å². The van der Waals surface area contributed by atoms with Gasteiger partial charge in [-0.2, -0.15) is 0 Å². The van der Waals surface area contributed by atoms with Crippen LogP contribution >= 0.6 is 0 Å². The third-order valence-corrected chi connectivity index (χ3v) is 6.08. The molecule has 1 aromatic carbocycles. The topological polar surface area (TPSA) is 55.9 Å². The lowest BCUT2D eigenvalue weighted by Gasteiger charge is -2.41. The molecule has 1 N–H and O–H groups in total. The van der Waals surface area contributed by atoms with Crippen molar-refractivity contribution in [3.05, 3.63) is 29.3 Å². The third kappa shape index (κ3) is 3.81. The predicted molar refractivity (Wildman–Crippen MR) is 106 cm³/mol. The fourth-order valence-electron chi connectivity index (χ4n) is 4.63. The van der Waals surface area contributed by atoms with Gasteiger partial charge in [0, 0.05) is 51.0 Å². The lowest BCUT2D eigenvalue weighted by molar-refractivity contribution is -0.135. The van der Waals surface area contributed by atoms with Crippen molar-refractivity contribution in [3.63, 3.8) is 0 Å². The van der Waals surface area contributed by atoms with Crippen molar-refractivity contribution in [2.75, 3.05) is 50.7 Å². The molecule has 1 aromatic rings. The highest BCUT2D eigenvalue weighted by Crippen LogP contribution is 2.28. The molecule has 0 aromatic heterocycles. The van der Waals surface area contributed by atoms with Crippen molar-refractivity contribution >= 4 is 17.5 Å². The lowest BCUT2D eigenvalue weighted by atomic mass is 10.0. The molecule has 0 radical (unpaired) electrons. The number of nitrogens with one attached hydrogen (secondary N) is 1. The summed E-state index contributed by atoms with van der Waals surface area (Å²) in [7, 11) is 0. The summed E-state index contributed by atoms with van der Waals surface area (Å²) in [6.07, 6.45) is 4.33. The minimum atomic E-state index is 0.118. The maximum Gasteiger partial charge on any atom is 0.256 e. The number of amides is 2. The fraction of sp³-hybridized carbons (Fsp3) is 0.619. The molecule has 6 nitrogen and oxygen atoms in total. The molecule has 1 unspecified atom stereocenters. The van der Waals surface area contributed by atoms with Crippen LogP contribution < -0.4 is 10.2 Å². The molecule has 0 saturated carbocycles. The maximum atomic E-state index is 13.4. The zero-order valence-corrected chi connectivity index (χ0v) is 16.2. The Morgan fingerprint density at radius 2 is 1.93 bits per heavy atom. The van der Waals surface area contributed by atoms with Gasteiger partial charge in [-0.25, -0.2) is 0 Å². The van der Waals surface area contributed by atoms with Crippen LogP contribution in [-0.4, -0.2) is 73.5 Å². The SMILES string of the molecule is Cc1ccc(N2CCCC2)c(C(=O)N2CCCC(N3CCNCC3=O)C2)c1. The highest BCUT2D eigenvalue weighted by Gasteiger charge is 2.33. The van der Waals surface area contributed by atoms with E-state index in [1.807, 2.05) is 22.8 Å². The standard InChI is InChI=1S/C21H30N4O2/c1-16-6-7-19(23-9-2-3-10-23)18(13-16)21(27)24-11-4-5-17(15-24)25-12-8-22-14-20(25)26/h6-7,13,17,22H,2-5,8-12,14-15H2,1H3. The van der Waals surface area contributed by atoms with Crippen LogP contribution in [0.2, 0.25) is 0 Å². The molecular formula is C21H30N4O2. The van der Waals surface area contributed by atoms with E-state index < -0.39 is 0 Å². The Balaban J connectivity index is 1.53. The molecule has 3 saturated heterocycles. The van der Waals surface area contributed by atoms with Crippen molar-refractivity contribution in [1.29, 1.82) is 0 Å². The van der Waals surface area contributed by atoms with Gasteiger partial charge < -0.3 is 20.0 Å². The number of likely N-dealkylation sites (tertiary alicyclic amines) is 1. The molecule has 2 amide bonds. The van der Waals surface area contributed by atoms with E-state index in [0.717, 1.165) is 62.4 Å². The van der Waals surface area contributed by atoms with E-state index in [1.165, 1.54) is 12.8 Å². The first-order valence-corrected chi connectivity index (χ1v) is 10.3. The summed E-state index contributed by atoms with van der Waals surface area (Å²) in [5, 5.41) is 3.13. The molecule has 146 valence electrons. The highest BCUT2D eigenvalue weighted by molar-refractivity contribution is 6.00. The van der Waals surface area contributed by atoms with Crippen LogP contribution in [-0.2, 0) is 4.79 Å². The van der Waals surface area contributed by atoms with Crippen LogP contribution in [0.15, 0.2) is 18.2 Å². The molecule has 6 heteroatoms. The van der Waals surface area contributed by atoms with Crippen molar-refractivity contribution in [3.8, 4) is 0 Å². The van der Waals surface area contributed by atoms with Gasteiger partial charge in [-0.1, -0.05) is 11.6 Å². The molecule has 3 aliphatic rings. The maximum absolute atomic E-state index is 13.4. The lowest BCUT2D eigenvalue weighted by Crippen LogP contribution is -2.57. The minimum Gasteiger partial charge on any atom is -0.371 e. The molecule has 3 heterocycles. The van der Waals surface area contributed by atoms with E-state index in [9.17, 15) is 9.59 Å². The van der Waals surface area contributed by atoms with Gasteiger partial charge >= 0.3 is 0 Å². The zero-order valence-electron chi connectivity index (χ0n) is 16.2. The number of hydrogen-bond donors (Lipinski definition) is 1. The average Bonchev–Trinajstić information content (AvgIpc) is 3.22. The first-order chi connectivity index (χ1) is 13.1. The number of carbonyl (C=O) groups is 2. The second kappa shape index (κ2) is 7.89. The summed E-state index contributed by atoms with van der Waals surface area (Å²) in [6, 6.07) is 6.39. The Bertz CT molecular complexity index is 714. The molecule has 0 spiro atoms. The molecule has 0 bridgehead atoms. The fourth-order valence-corrected chi connectivity index (χ4v) is 4.63. The second-order valence-corrected chi connectivity index (χ2v) is 8.03. The van der Waals surface area contributed by atoms with Crippen LogP contribution in [0.4, 0.5) is 5.69 Å². The van der Waals surface area contributed by atoms with Gasteiger partial charge in [0.2, 0.25) is 5.91 Å². The van der Waals surface area contributed by atoms with Crippen molar-refractivity contribution in [1.82, 2.24) is 15.1 Å². The number of benzene rings is 1. The number of anilines is 1. The van der Waals surface area contributed by atoms with Crippen LogP contribution in [0.5, 0.6) is 0 Å². The largest absolute Gasteiger partial charge is 0.371 e. The first kappa shape index (κ1) is 18.3. The molecule has 3 fully saturated rings. The zero-order chi connectivity index (χ0) is 18.8. The van der Waals surface area contributed by atoms with Crippen LogP contribution in [0, 0.1) is 6.92 Å². The van der Waals surface area contributed by atoms with Crippen LogP contribution in [0.3, 0.4) is 0 Å². The Labute approximate surface area is 161 Å². The first-order valence-electron chi connectivity index (χ1n) is 10.3. The average molecular weight is 370 g/mol. The van der Waals surface area contributed by atoms with Gasteiger partial charge in [0.25, 0.3) is 5.91 Å². The van der Waals surface area contributed by atoms with Crippen molar-refractivity contribution in [2.24, 2.45) is 0 Å². The van der Waals surface area contributed by atoms with E-state index in [4.69, 9.17) is 0 Å². The van der Waals surface area contributed by atoms with Gasteiger partial charge in [0.05, 0.1) is 12.1 Å². The van der Waals surface area contributed by atoms with E-state index in [-0.39, 0.29) is 17.9 Å². The summed E-state index contributed by atoms with van der Waals surface area (Å²) < 4.78 is 0. The highest BCUT2D eigenvalue weighted by atomic mass is 16.2. The molecule has 0 aliphatic carbocycles. The van der Waals surface area contributed by atoms with Gasteiger partial charge in [-0.15, -0.1) is 0 Å². The molecule has 27 heavy (non-hydrogen) atoms. The molecule has 3 aliphatic heterocycles. The summed E-state index contributed by atoms with van der Waals surface area (Å²) in [6.45, 7) is 7.54. The van der Waals surface area contributed by atoms with Crippen LogP contribution in [0.25, 0.3) is 0 Å². The van der Waals surface area contributed by atoms with Gasteiger partial charge in [-0.3, -0.25) is 9.59 Å². The Kier molecular flexibility index (Phi) is 5.34. The van der Waals surface area contributed by atoms with Gasteiger partial charge in [-0.05, 0) is 44.7 Å². The van der Waals surface area contributed by atoms with Gasteiger partial charge in [0.1, 0.15) is 0 Å². The minimum absolute atomic E-state index is 0.118. The third-order valence-electron chi connectivity index (χ3n) is 6.08. The second-order valence-electron chi connectivity index (χ2n) is 8.03. The molecule has 1 atom stereocenters. The van der Waals surface area contributed by atoms with E-state index in [0.29, 0.717) is 13.1 Å². The van der Waals surface area contributed by atoms with Gasteiger partial charge in [0.15, 0.2) is 0 Å². The number of rotatable bonds is 3. The number of nitrogens with zero attached hydrogens (tertiary/aromatic N) is 3. The summed E-state index contributed by atoms with van der Waals surface area (Å²) >= 11 is 0. The Morgan fingerprint density at radius 3 is 2.70 bits per heavy atom. The Morgan fingerprint density at radius 1 is 1.11 bits per heavy atom. The number of hydrogen-bond acceptors (Lipinski definition) is 4. The predicted octanol–water partition coefficient (Wildman–Crippen LogP) is 1.63.